The highest BCUT2D eigenvalue weighted by atomic mass is 16.6. The minimum absolute atomic E-state index is 0.0380. The topological polar surface area (TPSA) is 146 Å². The average Bonchev–Trinajstić information content (AvgIpc) is 2.83. The van der Waals surface area contributed by atoms with Crippen molar-refractivity contribution in [1.29, 1.82) is 0 Å². The molecule has 2 heterocycles. The number of hydrogen-bond donors (Lipinski definition) is 2. The monoisotopic (exact) mass is 369 g/mol. The van der Waals surface area contributed by atoms with Crippen molar-refractivity contribution in [3.8, 4) is 0 Å². The molecule has 26 heavy (non-hydrogen) atoms. The van der Waals surface area contributed by atoms with Crippen LogP contribution in [0.25, 0.3) is 0 Å². The number of esters is 2. The zero-order valence-corrected chi connectivity index (χ0v) is 14.4. The van der Waals surface area contributed by atoms with Crippen LogP contribution in [-0.4, -0.2) is 57.4 Å². The van der Waals surface area contributed by atoms with Gasteiger partial charge in [-0.2, -0.15) is 4.98 Å². The molecular weight excluding hydrogens is 350 g/mol. The standard InChI is InChI=1S/C15H19N3O8/c1-7(20)16-11-4-5-18(15(23)17-11)14-13(25-9(3)22)12(24-8(2)21)10(6-19)26-14/h4-5,10,12-14,19H,6H2,1-3H3,(H,16,17,20,23). The molecule has 0 spiro atoms. The van der Waals surface area contributed by atoms with Gasteiger partial charge in [-0.15, -0.1) is 0 Å². The lowest BCUT2D eigenvalue weighted by Crippen LogP contribution is -2.41. The van der Waals surface area contributed by atoms with Gasteiger partial charge in [-0.1, -0.05) is 0 Å². The van der Waals surface area contributed by atoms with E-state index in [-0.39, 0.29) is 5.82 Å². The van der Waals surface area contributed by atoms with Crippen LogP contribution in [0.15, 0.2) is 17.1 Å². The first-order chi connectivity index (χ1) is 12.2. The number of carbonyl (C=O) groups is 3. The molecule has 1 aromatic heterocycles. The highest BCUT2D eigenvalue weighted by Gasteiger charge is 2.50. The van der Waals surface area contributed by atoms with E-state index in [1.165, 1.54) is 19.2 Å². The zero-order valence-electron chi connectivity index (χ0n) is 14.4. The van der Waals surface area contributed by atoms with E-state index in [4.69, 9.17) is 14.2 Å². The SMILES string of the molecule is CC(=O)Nc1ccn(C2OC(CO)C(OC(C)=O)C2OC(C)=O)c(=O)n1. The highest BCUT2D eigenvalue weighted by Crippen LogP contribution is 2.33. The Morgan fingerprint density at radius 3 is 2.35 bits per heavy atom. The van der Waals surface area contributed by atoms with Crippen LogP contribution in [-0.2, 0) is 28.6 Å². The number of anilines is 1. The van der Waals surface area contributed by atoms with Gasteiger partial charge in [0.15, 0.2) is 18.4 Å². The van der Waals surface area contributed by atoms with Gasteiger partial charge in [0.25, 0.3) is 0 Å². The lowest BCUT2D eigenvalue weighted by atomic mass is 10.1. The van der Waals surface area contributed by atoms with Crippen molar-refractivity contribution < 1.29 is 33.7 Å². The van der Waals surface area contributed by atoms with Gasteiger partial charge in [-0.25, -0.2) is 4.79 Å². The maximum atomic E-state index is 12.3. The number of aliphatic hydroxyl groups excluding tert-OH is 1. The fraction of sp³-hybridized carbons (Fsp3) is 0.533. The van der Waals surface area contributed by atoms with Gasteiger partial charge in [0, 0.05) is 27.0 Å². The Balaban J connectivity index is 2.38. The Morgan fingerprint density at radius 1 is 1.23 bits per heavy atom. The van der Waals surface area contributed by atoms with Crippen molar-refractivity contribution >= 4 is 23.7 Å². The molecule has 1 aromatic rings. The van der Waals surface area contributed by atoms with Crippen LogP contribution in [0.2, 0.25) is 0 Å². The summed E-state index contributed by atoms with van der Waals surface area (Å²) in [6.45, 7) is 3.04. The summed E-state index contributed by atoms with van der Waals surface area (Å²) in [5.41, 5.74) is -0.793. The summed E-state index contributed by atoms with van der Waals surface area (Å²) in [5.74, 6) is -1.72. The number of amides is 1. The molecule has 11 heteroatoms. The maximum Gasteiger partial charge on any atom is 0.351 e. The van der Waals surface area contributed by atoms with Crippen LogP contribution in [0.1, 0.15) is 27.0 Å². The van der Waals surface area contributed by atoms with Gasteiger partial charge in [0.2, 0.25) is 5.91 Å². The molecule has 1 aliphatic heterocycles. The largest absolute Gasteiger partial charge is 0.456 e. The molecule has 1 fully saturated rings. The smallest absolute Gasteiger partial charge is 0.351 e. The van der Waals surface area contributed by atoms with Gasteiger partial charge in [-0.05, 0) is 6.07 Å². The van der Waals surface area contributed by atoms with Crippen LogP contribution in [0.3, 0.4) is 0 Å². The number of aromatic nitrogens is 2. The second-order valence-electron chi connectivity index (χ2n) is 5.58. The van der Waals surface area contributed by atoms with Crippen molar-refractivity contribution in [2.75, 3.05) is 11.9 Å². The molecule has 142 valence electrons. The fourth-order valence-electron chi connectivity index (χ4n) is 2.59. The first-order valence-corrected chi connectivity index (χ1v) is 7.70. The minimum atomic E-state index is -1.17. The Labute approximate surface area is 147 Å². The predicted octanol–water partition coefficient (Wildman–Crippen LogP) is -1.05. The van der Waals surface area contributed by atoms with Gasteiger partial charge in [-0.3, -0.25) is 19.0 Å². The molecule has 1 amide bonds. The van der Waals surface area contributed by atoms with Gasteiger partial charge in [0.1, 0.15) is 11.9 Å². The Morgan fingerprint density at radius 2 is 1.85 bits per heavy atom. The second-order valence-corrected chi connectivity index (χ2v) is 5.58. The summed E-state index contributed by atoms with van der Waals surface area (Å²) in [6, 6.07) is 1.35. The molecular formula is C15H19N3O8. The van der Waals surface area contributed by atoms with Gasteiger partial charge >= 0.3 is 17.6 Å². The predicted molar refractivity (Wildman–Crippen MR) is 84.9 cm³/mol. The number of hydrogen-bond acceptors (Lipinski definition) is 9. The molecule has 2 rings (SSSR count). The minimum Gasteiger partial charge on any atom is -0.456 e. The van der Waals surface area contributed by atoms with E-state index in [2.05, 4.69) is 10.3 Å². The summed E-state index contributed by atoms with van der Waals surface area (Å²) < 4.78 is 16.8. The summed E-state index contributed by atoms with van der Waals surface area (Å²) in [7, 11) is 0. The average molecular weight is 369 g/mol. The summed E-state index contributed by atoms with van der Waals surface area (Å²) in [6.07, 6.45) is -3.17. The zero-order chi connectivity index (χ0) is 19.4. The van der Waals surface area contributed by atoms with E-state index in [1.54, 1.807) is 0 Å². The van der Waals surface area contributed by atoms with Crippen LogP contribution >= 0.6 is 0 Å². The fourth-order valence-corrected chi connectivity index (χ4v) is 2.59. The lowest BCUT2D eigenvalue weighted by molar-refractivity contribution is -0.165. The number of ether oxygens (including phenoxy) is 3. The van der Waals surface area contributed by atoms with E-state index >= 15 is 0 Å². The number of rotatable bonds is 5. The van der Waals surface area contributed by atoms with Crippen LogP contribution in [0.5, 0.6) is 0 Å². The molecule has 0 saturated carbocycles. The van der Waals surface area contributed by atoms with Crippen molar-refractivity contribution in [2.24, 2.45) is 0 Å². The Hall–Kier alpha value is -2.79. The molecule has 0 aliphatic carbocycles. The van der Waals surface area contributed by atoms with Crippen molar-refractivity contribution in [2.45, 2.75) is 45.3 Å². The van der Waals surface area contributed by atoms with Gasteiger partial charge < -0.3 is 24.6 Å². The van der Waals surface area contributed by atoms with Crippen LogP contribution < -0.4 is 11.0 Å². The van der Waals surface area contributed by atoms with E-state index in [1.807, 2.05) is 0 Å². The van der Waals surface area contributed by atoms with E-state index < -0.39 is 54.7 Å². The second kappa shape index (κ2) is 8.06. The van der Waals surface area contributed by atoms with Crippen molar-refractivity contribution in [3.05, 3.63) is 22.7 Å². The Bertz CT molecular complexity index is 762. The summed E-state index contributed by atoms with van der Waals surface area (Å²) in [5, 5.41) is 11.8. The lowest BCUT2D eigenvalue weighted by Gasteiger charge is -2.23. The molecule has 0 radical (unpaired) electrons. The first-order valence-electron chi connectivity index (χ1n) is 7.70. The molecule has 11 nitrogen and oxygen atoms in total. The molecule has 0 aromatic carbocycles. The van der Waals surface area contributed by atoms with Crippen LogP contribution in [0.4, 0.5) is 5.82 Å². The quantitative estimate of drug-likeness (QED) is 0.621. The third-order valence-corrected chi connectivity index (χ3v) is 3.48. The third kappa shape index (κ3) is 4.43. The van der Waals surface area contributed by atoms with E-state index in [0.29, 0.717) is 0 Å². The molecule has 1 saturated heterocycles. The number of carbonyl (C=O) groups excluding carboxylic acids is 3. The number of nitrogens with one attached hydrogen (secondary N) is 1. The van der Waals surface area contributed by atoms with Gasteiger partial charge in [0.05, 0.1) is 6.61 Å². The third-order valence-electron chi connectivity index (χ3n) is 3.48. The van der Waals surface area contributed by atoms with E-state index in [0.717, 1.165) is 18.4 Å². The maximum absolute atomic E-state index is 12.3. The highest BCUT2D eigenvalue weighted by molar-refractivity contribution is 5.87. The Kier molecular flexibility index (Phi) is 6.05. The summed E-state index contributed by atoms with van der Waals surface area (Å²) in [4.78, 5) is 49.8. The summed E-state index contributed by atoms with van der Waals surface area (Å²) >= 11 is 0. The number of aliphatic hydroxyl groups is 1. The van der Waals surface area contributed by atoms with E-state index in [9.17, 15) is 24.3 Å². The molecule has 4 atom stereocenters. The number of nitrogens with zero attached hydrogens (tertiary/aromatic N) is 2. The first kappa shape index (κ1) is 19.5. The normalized spacial score (nSPS) is 24.8. The molecule has 2 N–H and O–H groups in total. The van der Waals surface area contributed by atoms with Crippen LogP contribution in [0, 0.1) is 0 Å². The molecule has 1 aliphatic rings. The molecule has 0 bridgehead atoms. The van der Waals surface area contributed by atoms with Crippen molar-refractivity contribution in [1.82, 2.24) is 9.55 Å². The molecule has 4 unspecified atom stereocenters. The van der Waals surface area contributed by atoms with Crippen molar-refractivity contribution in [3.63, 3.8) is 0 Å².